The first-order chi connectivity index (χ1) is 13.6. The molecule has 0 aliphatic carbocycles. The largest absolute Gasteiger partial charge is 0.361 e. The summed E-state index contributed by atoms with van der Waals surface area (Å²) in [5, 5.41) is 5.72. The van der Waals surface area contributed by atoms with Crippen molar-refractivity contribution in [2.24, 2.45) is 5.92 Å². The van der Waals surface area contributed by atoms with Crippen molar-refractivity contribution < 1.29 is 4.79 Å². The van der Waals surface area contributed by atoms with Crippen LogP contribution in [0.4, 0.5) is 5.00 Å². The number of carbonyl (C=O) groups excluding carboxylic acids is 1. The normalized spacial score (nSPS) is 30.7. The molecule has 6 nitrogen and oxygen atoms in total. The lowest BCUT2D eigenvalue weighted by molar-refractivity contribution is 0.0216. The minimum absolute atomic E-state index is 0.0259. The standard InChI is InChI=1S/C21H29N5OS/c1-14-20(15-3-5-25(14)6-4-15)23-21(27)17-12-18-16(13-22-17)11-19(28-18)26-9-7-24(2)8-10-26/h11-15,20H,3-10H2,1-2H3,(H,23,27)/t14-,20-/m0/s1. The van der Waals surface area contributed by atoms with Crippen molar-refractivity contribution in [3.63, 3.8) is 0 Å². The smallest absolute Gasteiger partial charge is 0.270 e. The van der Waals surface area contributed by atoms with E-state index in [9.17, 15) is 4.79 Å². The molecule has 6 heterocycles. The number of carbonyl (C=O) groups is 1. The van der Waals surface area contributed by atoms with Crippen LogP contribution < -0.4 is 10.2 Å². The molecule has 4 fully saturated rings. The van der Waals surface area contributed by atoms with Crippen molar-refractivity contribution in [1.29, 1.82) is 0 Å². The average Bonchev–Trinajstić information content (AvgIpc) is 3.14. The Bertz CT molecular complexity index is 865. The molecule has 0 aromatic carbocycles. The number of fused-ring (bicyclic) bond motifs is 4. The summed E-state index contributed by atoms with van der Waals surface area (Å²) in [5.74, 6) is 0.584. The SMILES string of the molecule is C[C@H]1[C@H](NC(=O)c2cc3sc(N4CCN(C)CC4)cc3cn2)C2CCN1CC2. The van der Waals surface area contributed by atoms with Gasteiger partial charge in [-0.05, 0) is 58.0 Å². The number of amides is 1. The molecule has 4 aliphatic heterocycles. The number of anilines is 1. The van der Waals surface area contributed by atoms with E-state index in [1.54, 1.807) is 11.3 Å². The quantitative estimate of drug-likeness (QED) is 0.858. The van der Waals surface area contributed by atoms with Gasteiger partial charge in [-0.2, -0.15) is 0 Å². The first-order valence-electron chi connectivity index (χ1n) is 10.5. The molecule has 0 saturated carbocycles. The van der Waals surface area contributed by atoms with Crippen LogP contribution >= 0.6 is 11.3 Å². The summed E-state index contributed by atoms with van der Waals surface area (Å²) in [7, 11) is 2.17. The zero-order chi connectivity index (χ0) is 19.3. The van der Waals surface area contributed by atoms with Crippen LogP contribution in [0.5, 0.6) is 0 Å². The maximum atomic E-state index is 12.9. The van der Waals surface area contributed by atoms with Crippen LogP contribution in [-0.2, 0) is 0 Å². The zero-order valence-electron chi connectivity index (χ0n) is 16.7. The summed E-state index contributed by atoms with van der Waals surface area (Å²) in [6, 6.07) is 4.86. The lowest BCUT2D eigenvalue weighted by atomic mass is 9.79. The number of aromatic nitrogens is 1. The fraction of sp³-hybridized carbons (Fsp3) is 0.619. The second-order valence-electron chi connectivity index (χ2n) is 8.60. The van der Waals surface area contributed by atoms with Crippen molar-refractivity contribution in [2.45, 2.75) is 31.8 Å². The lowest BCUT2D eigenvalue weighted by Crippen LogP contribution is -2.62. The summed E-state index contributed by atoms with van der Waals surface area (Å²) in [4.78, 5) is 24.7. The van der Waals surface area contributed by atoms with Gasteiger partial charge in [0.2, 0.25) is 0 Å². The summed E-state index contributed by atoms with van der Waals surface area (Å²) < 4.78 is 1.15. The van der Waals surface area contributed by atoms with Crippen molar-refractivity contribution in [1.82, 2.24) is 20.1 Å². The summed E-state index contributed by atoms with van der Waals surface area (Å²) in [6.07, 6.45) is 4.25. The van der Waals surface area contributed by atoms with E-state index in [0.29, 0.717) is 17.7 Å². The second-order valence-corrected chi connectivity index (χ2v) is 9.66. The molecule has 0 radical (unpaired) electrons. The zero-order valence-corrected chi connectivity index (χ0v) is 17.5. The number of nitrogens with one attached hydrogen (secondary N) is 1. The van der Waals surface area contributed by atoms with E-state index in [1.807, 2.05) is 12.3 Å². The van der Waals surface area contributed by atoms with Gasteiger partial charge >= 0.3 is 0 Å². The lowest BCUT2D eigenvalue weighted by Gasteiger charge is -2.49. The molecule has 2 aromatic rings. The first kappa shape index (κ1) is 18.3. The minimum Gasteiger partial charge on any atom is -0.361 e. The Labute approximate surface area is 170 Å². The molecule has 0 spiro atoms. The maximum absolute atomic E-state index is 12.9. The van der Waals surface area contributed by atoms with Crippen LogP contribution in [-0.4, -0.2) is 79.1 Å². The molecule has 2 atom stereocenters. The van der Waals surface area contributed by atoms with Gasteiger partial charge < -0.3 is 15.1 Å². The number of nitrogens with zero attached hydrogens (tertiary/aromatic N) is 4. The second kappa shape index (κ2) is 7.28. The fourth-order valence-electron chi connectivity index (χ4n) is 5.00. The van der Waals surface area contributed by atoms with Gasteiger partial charge in [-0.3, -0.25) is 14.7 Å². The molecule has 1 amide bonds. The van der Waals surface area contributed by atoms with Crippen LogP contribution in [0.1, 0.15) is 30.3 Å². The highest BCUT2D eigenvalue weighted by Gasteiger charge is 2.40. The number of likely N-dealkylation sites (N-methyl/N-ethyl adjacent to an activating group) is 1. The van der Waals surface area contributed by atoms with Gasteiger partial charge in [0.05, 0.1) is 5.00 Å². The Balaban J connectivity index is 1.32. The van der Waals surface area contributed by atoms with E-state index in [1.165, 1.54) is 30.9 Å². The molecule has 2 bridgehead atoms. The highest BCUT2D eigenvalue weighted by molar-refractivity contribution is 7.22. The van der Waals surface area contributed by atoms with E-state index in [4.69, 9.17) is 0 Å². The Morgan fingerprint density at radius 3 is 2.61 bits per heavy atom. The van der Waals surface area contributed by atoms with E-state index < -0.39 is 0 Å². The minimum atomic E-state index is -0.0259. The first-order valence-corrected chi connectivity index (χ1v) is 11.3. The maximum Gasteiger partial charge on any atom is 0.270 e. The van der Waals surface area contributed by atoms with Gasteiger partial charge in [-0.15, -0.1) is 11.3 Å². The molecule has 4 aliphatic rings. The third kappa shape index (κ3) is 3.29. The average molecular weight is 400 g/mol. The van der Waals surface area contributed by atoms with Gasteiger partial charge in [-0.25, -0.2) is 0 Å². The van der Waals surface area contributed by atoms with Gasteiger partial charge in [0.1, 0.15) is 5.69 Å². The number of piperidine rings is 3. The van der Waals surface area contributed by atoms with Gasteiger partial charge in [0, 0.05) is 54.5 Å². The van der Waals surface area contributed by atoms with Crippen molar-refractivity contribution >= 4 is 32.3 Å². The number of piperazine rings is 1. The summed E-state index contributed by atoms with van der Waals surface area (Å²) >= 11 is 1.77. The van der Waals surface area contributed by atoms with E-state index in [2.05, 4.69) is 45.0 Å². The molecule has 7 heteroatoms. The van der Waals surface area contributed by atoms with Crippen molar-refractivity contribution in [3.8, 4) is 0 Å². The van der Waals surface area contributed by atoms with E-state index in [-0.39, 0.29) is 11.9 Å². The van der Waals surface area contributed by atoms with Gasteiger partial charge in [0.25, 0.3) is 5.91 Å². The third-order valence-electron chi connectivity index (χ3n) is 6.91. The number of pyridine rings is 1. The highest BCUT2D eigenvalue weighted by atomic mass is 32.1. The predicted molar refractivity (Wildman–Crippen MR) is 114 cm³/mol. The third-order valence-corrected chi connectivity index (χ3v) is 8.07. The fourth-order valence-corrected chi connectivity index (χ4v) is 6.12. The molecule has 2 aromatic heterocycles. The van der Waals surface area contributed by atoms with Crippen LogP contribution in [0.15, 0.2) is 18.3 Å². The Hall–Kier alpha value is -1.70. The van der Waals surface area contributed by atoms with Crippen LogP contribution in [0.2, 0.25) is 0 Å². The molecule has 1 N–H and O–H groups in total. The van der Waals surface area contributed by atoms with E-state index in [0.717, 1.165) is 36.3 Å². The summed E-state index contributed by atoms with van der Waals surface area (Å²) in [6.45, 7) is 8.90. The van der Waals surface area contributed by atoms with Gasteiger partial charge in [0.15, 0.2) is 0 Å². The molecular weight excluding hydrogens is 370 g/mol. The molecule has 4 saturated heterocycles. The topological polar surface area (TPSA) is 51.7 Å². The van der Waals surface area contributed by atoms with Crippen molar-refractivity contribution in [3.05, 3.63) is 24.0 Å². The predicted octanol–water partition coefficient (Wildman–Crippen LogP) is 2.26. The molecular formula is C21H29N5OS. The van der Waals surface area contributed by atoms with Crippen LogP contribution in [0.25, 0.3) is 10.1 Å². The number of hydrogen-bond acceptors (Lipinski definition) is 6. The molecule has 28 heavy (non-hydrogen) atoms. The Morgan fingerprint density at radius 1 is 1.14 bits per heavy atom. The van der Waals surface area contributed by atoms with E-state index >= 15 is 0 Å². The molecule has 0 unspecified atom stereocenters. The molecule has 6 rings (SSSR count). The monoisotopic (exact) mass is 399 g/mol. The Kier molecular flexibility index (Phi) is 4.77. The number of thiophene rings is 1. The Morgan fingerprint density at radius 2 is 1.89 bits per heavy atom. The highest BCUT2D eigenvalue weighted by Crippen LogP contribution is 2.34. The number of hydrogen-bond donors (Lipinski definition) is 1. The summed E-state index contributed by atoms with van der Waals surface area (Å²) in [5.41, 5.74) is 0.544. The molecule has 150 valence electrons. The van der Waals surface area contributed by atoms with Crippen LogP contribution in [0.3, 0.4) is 0 Å². The number of rotatable bonds is 3. The van der Waals surface area contributed by atoms with Crippen LogP contribution in [0, 0.1) is 5.92 Å². The van der Waals surface area contributed by atoms with Crippen molar-refractivity contribution in [2.75, 3.05) is 51.2 Å². The van der Waals surface area contributed by atoms with Gasteiger partial charge in [-0.1, -0.05) is 0 Å².